The van der Waals surface area contributed by atoms with E-state index >= 15 is 0 Å². The monoisotopic (exact) mass is 429 g/mol. The second kappa shape index (κ2) is 9.21. The Labute approximate surface area is 185 Å². The Balaban J connectivity index is 1.76. The van der Waals surface area contributed by atoms with Gasteiger partial charge >= 0.3 is 0 Å². The lowest BCUT2D eigenvalue weighted by atomic mass is 10.0. The average Bonchev–Trinajstić information content (AvgIpc) is 3.28. The van der Waals surface area contributed by atoms with E-state index in [4.69, 9.17) is 0 Å². The Morgan fingerprint density at radius 3 is 2.69 bits per heavy atom. The van der Waals surface area contributed by atoms with Gasteiger partial charge < -0.3 is 10.6 Å². The van der Waals surface area contributed by atoms with Crippen molar-refractivity contribution in [3.63, 3.8) is 0 Å². The minimum atomic E-state index is -0.221. The van der Waals surface area contributed by atoms with E-state index in [0.717, 1.165) is 17.8 Å². The van der Waals surface area contributed by atoms with Gasteiger partial charge in [-0.15, -0.1) is 0 Å². The fourth-order valence-electron chi connectivity index (χ4n) is 3.30. The fourth-order valence-corrected chi connectivity index (χ4v) is 3.30. The van der Waals surface area contributed by atoms with E-state index in [-0.39, 0.29) is 5.91 Å². The molecule has 0 aliphatic carbocycles. The van der Waals surface area contributed by atoms with Gasteiger partial charge in [-0.3, -0.25) is 14.4 Å². The van der Waals surface area contributed by atoms with Crippen LogP contribution in [0.3, 0.4) is 0 Å². The zero-order valence-electron chi connectivity index (χ0n) is 18.0. The quantitative estimate of drug-likeness (QED) is 0.458. The summed E-state index contributed by atoms with van der Waals surface area (Å²) in [6.45, 7) is 4.61. The third-order valence-corrected chi connectivity index (χ3v) is 4.94. The number of nitrogens with one attached hydrogen (secondary N) is 2. The average molecular weight is 429 g/mol. The van der Waals surface area contributed by atoms with Crippen LogP contribution in [0.2, 0.25) is 0 Å². The third kappa shape index (κ3) is 4.24. The molecule has 10 heteroatoms. The van der Waals surface area contributed by atoms with Crippen LogP contribution in [-0.4, -0.2) is 42.7 Å². The van der Waals surface area contributed by atoms with Gasteiger partial charge in [-0.1, -0.05) is 6.07 Å². The van der Waals surface area contributed by atoms with Gasteiger partial charge in [0, 0.05) is 37.6 Å². The van der Waals surface area contributed by atoms with E-state index in [0.29, 0.717) is 28.7 Å². The predicted molar refractivity (Wildman–Crippen MR) is 122 cm³/mol. The summed E-state index contributed by atoms with van der Waals surface area (Å²) < 4.78 is 1.75. The summed E-state index contributed by atoms with van der Waals surface area (Å²) in [6.07, 6.45) is 8.04. The number of nitrogens with zero attached hydrogens (tertiary/aromatic N) is 7. The van der Waals surface area contributed by atoms with E-state index < -0.39 is 0 Å². The molecule has 0 radical (unpaired) electrons. The third-order valence-electron chi connectivity index (χ3n) is 4.94. The van der Waals surface area contributed by atoms with Crippen LogP contribution in [0.1, 0.15) is 22.8 Å². The number of rotatable bonds is 7. The molecule has 3 aromatic heterocycles. The highest BCUT2D eigenvalue weighted by atomic mass is 16.1. The molecule has 10 nitrogen and oxygen atoms in total. The summed E-state index contributed by atoms with van der Waals surface area (Å²) in [5, 5.41) is 10.1. The molecule has 0 unspecified atom stereocenters. The highest BCUT2D eigenvalue weighted by Crippen LogP contribution is 2.35. The van der Waals surface area contributed by atoms with Crippen LogP contribution in [0, 0.1) is 6.92 Å². The van der Waals surface area contributed by atoms with Crippen molar-refractivity contribution in [2.24, 2.45) is 0 Å². The van der Waals surface area contributed by atoms with E-state index in [1.54, 1.807) is 42.5 Å². The van der Waals surface area contributed by atoms with E-state index in [1.165, 1.54) is 12.7 Å². The van der Waals surface area contributed by atoms with E-state index in [2.05, 4.69) is 35.7 Å². The number of carbonyl (C=O) groups excluding carboxylic acids is 1. The van der Waals surface area contributed by atoms with Gasteiger partial charge in [-0.25, -0.2) is 19.9 Å². The Morgan fingerprint density at radius 1 is 1.12 bits per heavy atom. The van der Waals surface area contributed by atoms with Gasteiger partial charge in [0.2, 0.25) is 0 Å². The summed E-state index contributed by atoms with van der Waals surface area (Å²) in [6, 6.07) is 9.14. The fraction of sp³-hybridized carbons (Fsp3) is 0.182. The van der Waals surface area contributed by atoms with Gasteiger partial charge in [0.15, 0.2) is 0 Å². The van der Waals surface area contributed by atoms with Crippen molar-refractivity contribution in [3.8, 4) is 0 Å². The summed E-state index contributed by atoms with van der Waals surface area (Å²) in [7, 11) is 1.79. The van der Waals surface area contributed by atoms with Gasteiger partial charge in [0.25, 0.3) is 5.91 Å². The first-order valence-corrected chi connectivity index (χ1v) is 10.1. The van der Waals surface area contributed by atoms with Gasteiger partial charge in [0.05, 0.1) is 17.6 Å². The molecule has 3 heterocycles. The first-order chi connectivity index (χ1) is 15.6. The number of aromatic nitrogens is 6. The normalized spacial score (nSPS) is 10.6. The molecule has 0 saturated carbocycles. The summed E-state index contributed by atoms with van der Waals surface area (Å²) in [5.74, 6) is 1.66. The molecule has 4 aromatic rings. The molecule has 0 fully saturated rings. The summed E-state index contributed by atoms with van der Waals surface area (Å²) in [5.41, 5.74) is 2.72. The predicted octanol–water partition coefficient (Wildman–Crippen LogP) is 3.56. The van der Waals surface area contributed by atoms with Crippen LogP contribution < -0.4 is 15.5 Å². The summed E-state index contributed by atoms with van der Waals surface area (Å²) >= 11 is 0. The van der Waals surface area contributed by atoms with Crippen LogP contribution in [0.4, 0.5) is 28.8 Å². The second-order valence-corrected chi connectivity index (χ2v) is 6.90. The number of benzene rings is 1. The Bertz CT molecular complexity index is 1220. The van der Waals surface area contributed by atoms with E-state index in [9.17, 15) is 4.79 Å². The summed E-state index contributed by atoms with van der Waals surface area (Å²) in [4.78, 5) is 32.0. The van der Waals surface area contributed by atoms with Crippen LogP contribution in [0.15, 0.2) is 61.6 Å². The largest absolute Gasteiger partial charge is 0.373 e. The molecule has 32 heavy (non-hydrogen) atoms. The van der Waals surface area contributed by atoms with E-state index in [1.807, 2.05) is 36.9 Å². The standard InChI is InChI=1S/C22H23N9O/c1-4-30-12-16(11-28-30)29-22(32)17-6-5-7-18(15(17)2)31(20-8-9-24-13-26-20)21-10-19(23-3)25-14-27-21/h5-14H,4H2,1-3H3,(H,29,32)(H,23,25,27). The lowest BCUT2D eigenvalue weighted by Gasteiger charge is -2.25. The molecule has 1 amide bonds. The zero-order chi connectivity index (χ0) is 22.5. The molecule has 2 N–H and O–H groups in total. The maximum Gasteiger partial charge on any atom is 0.256 e. The second-order valence-electron chi connectivity index (χ2n) is 6.90. The minimum absolute atomic E-state index is 0.221. The maximum absolute atomic E-state index is 13.1. The molecular weight excluding hydrogens is 406 g/mol. The van der Waals surface area contributed by atoms with Gasteiger partial charge in [0.1, 0.15) is 30.1 Å². The lowest BCUT2D eigenvalue weighted by Crippen LogP contribution is -2.18. The number of hydrogen-bond donors (Lipinski definition) is 2. The van der Waals surface area contributed by atoms with Gasteiger partial charge in [-0.2, -0.15) is 5.10 Å². The molecule has 4 rings (SSSR count). The first kappa shape index (κ1) is 20.9. The molecule has 0 aliphatic rings. The highest BCUT2D eigenvalue weighted by Gasteiger charge is 2.21. The van der Waals surface area contributed by atoms with Crippen LogP contribution >= 0.6 is 0 Å². The van der Waals surface area contributed by atoms with Crippen molar-refractivity contribution in [3.05, 3.63) is 72.7 Å². The molecule has 0 saturated heterocycles. The first-order valence-electron chi connectivity index (χ1n) is 10.1. The number of hydrogen-bond acceptors (Lipinski definition) is 8. The number of aryl methyl sites for hydroxylation is 1. The molecule has 0 spiro atoms. The molecule has 0 aliphatic heterocycles. The van der Waals surface area contributed by atoms with Crippen molar-refractivity contribution in [1.82, 2.24) is 29.7 Å². The Hall–Kier alpha value is -4.34. The SMILES string of the molecule is CCn1cc(NC(=O)c2cccc(N(c3ccncn3)c3cc(NC)ncn3)c2C)cn1. The molecular formula is C22H23N9O. The van der Waals surface area contributed by atoms with Crippen molar-refractivity contribution in [2.45, 2.75) is 20.4 Å². The van der Waals surface area contributed by atoms with Crippen LogP contribution in [-0.2, 0) is 6.54 Å². The highest BCUT2D eigenvalue weighted by molar-refractivity contribution is 6.06. The van der Waals surface area contributed by atoms with Crippen LogP contribution in [0.5, 0.6) is 0 Å². The smallest absolute Gasteiger partial charge is 0.256 e. The minimum Gasteiger partial charge on any atom is -0.373 e. The van der Waals surface area contributed by atoms with Crippen molar-refractivity contribution < 1.29 is 4.79 Å². The Kier molecular flexibility index (Phi) is 6.02. The van der Waals surface area contributed by atoms with Crippen molar-refractivity contribution in [2.75, 3.05) is 22.6 Å². The lowest BCUT2D eigenvalue weighted by molar-refractivity contribution is 0.102. The molecule has 0 bridgehead atoms. The van der Waals surface area contributed by atoms with Crippen LogP contribution in [0.25, 0.3) is 0 Å². The molecule has 0 atom stereocenters. The van der Waals surface area contributed by atoms with Crippen molar-refractivity contribution in [1.29, 1.82) is 0 Å². The topological polar surface area (TPSA) is 114 Å². The Morgan fingerprint density at radius 2 is 1.97 bits per heavy atom. The number of amides is 1. The zero-order valence-corrected chi connectivity index (χ0v) is 18.0. The van der Waals surface area contributed by atoms with Gasteiger partial charge in [-0.05, 0) is 37.6 Å². The molecule has 1 aromatic carbocycles. The maximum atomic E-state index is 13.1. The number of anilines is 5. The van der Waals surface area contributed by atoms with Crippen molar-refractivity contribution >= 4 is 34.7 Å². The number of carbonyl (C=O) groups is 1. The molecule has 162 valence electrons.